The maximum Gasteiger partial charge on any atom is 0.240 e. The number of carbonyl (C=O) groups is 2. The average molecular weight is 423 g/mol. The van der Waals surface area contributed by atoms with Gasteiger partial charge in [0.1, 0.15) is 17.4 Å². The van der Waals surface area contributed by atoms with Crippen molar-refractivity contribution in [1.29, 1.82) is 5.26 Å². The van der Waals surface area contributed by atoms with Crippen LogP contribution >= 0.6 is 24.8 Å². The lowest BCUT2D eigenvalue weighted by Crippen LogP contribution is -2.43. The minimum atomic E-state index is -0.686. The Bertz CT molecular complexity index is 868. The van der Waals surface area contributed by atoms with E-state index in [9.17, 15) is 9.59 Å². The summed E-state index contributed by atoms with van der Waals surface area (Å²) in [6.45, 7) is 0.605. The highest BCUT2D eigenvalue weighted by Gasteiger charge is 2.27. The van der Waals surface area contributed by atoms with Gasteiger partial charge in [-0.05, 0) is 36.2 Å². The van der Waals surface area contributed by atoms with Gasteiger partial charge in [-0.2, -0.15) is 5.26 Å². The Morgan fingerprint density at radius 2 is 2.00 bits per heavy atom. The fourth-order valence-electron chi connectivity index (χ4n) is 2.76. The molecule has 1 fully saturated rings. The van der Waals surface area contributed by atoms with E-state index in [-0.39, 0.29) is 48.9 Å². The molecule has 1 aromatic heterocycles. The van der Waals surface area contributed by atoms with E-state index in [1.54, 1.807) is 30.5 Å². The Labute approximate surface area is 175 Å². The third-order valence-corrected chi connectivity index (χ3v) is 4.14. The number of aromatic nitrogens is 1. The van der Waals surface area contributed by atoms with Crippen molar-refractivity contribution in [2.75, 3.05) is 13.1 Å². The molecule has 7 nitrogen and oxygen atoms in total. The number of nitrogens with two attached hydrogens (primary N) is 1. The van der Waals surface area contributed by atoms with Crippen LogP contribution in [0.5, 0.6) is 11.6 Å². The molecule has 9 heteroatoms. The van der Waals surface area contributed by atoms with Crippen molar-refractivity contribution in [1.82, 2.24) is 9.88 Å². The molecule has 0 spiro atoms. The number of nitriles is 1. The molecule has 2 N–H and O–H groups in total. The number of rotatable bonds is 5. The number of carbonyl (C=O) groups excluding carboxylic acids is 2. The molecule has 0 bridgehead atoms. The number of likely N-dealkylation sites (tertiary alicyclic amines) is 1. The number of nitrogens with zero attached hydrogens (tertiary/aromatic N) is 3. The van der Waals surface area contributed by atoms with E-state index in [1.165, 1.54) is 4.90 Å². The van der Waals surface area contributed by atoms with Crippen LogP contribution < -0.4 is 10.5 Å². The minimum absolute atomic E-state index is 0. The predicted molar refractivity (Wildman–Crippen MR) is 108 cm³/mol. The molecule has 2 heterocycles. The summed E-state index contributed by atoms with van der Waals surface area (Å²) in [5, 5.41) is 9.06. The summed E-state index contributed by atoms with van der Waals surface area (Å²) in [6, 6.07) is 11.7. The highest BCUT2D eigenvalue weighted by atomic mass is 35.5. The van der Waals surface area contributed by atoms with E-state index in [1.807, 2.05) is 18.2 Å². The third kappa shape index (κ3) is 5.67. The maximum atomic E-state index is 12.3. The molecular weight excluding hydrogens is 403 g/mol. The minimum Gasteiger partial charge on any atom is -0.438 e. The highest BCUT2D eigenvalue weighted by molar-refractivity contribution is 5.91. The van der Waals surface area contributed by atoms with Crippen LogP contribution in [0.2, 0.25) is 0 Å². The average Bonchev–Trinajstić information content (AvgIpc) is 3.09. The van der Waals surface area contributed by atoms with Gasteiger partial charge in [-0.15, -0.1) is 24.8 Å². The molecule has 1 aliphatic rings. The monoisotopic (exact) mass is 422 g/mol. The van der Waals surface area contributed by atoms with Gasteiger partial charge in [0.2, 0.25) is 11.8 Å². The smallest absolute Gasteiger partial charge is 0.240 e. The fourth-order valence-corrected chi connectivity index (χ4v) is 2.76. The highest BCUT2D eigenvalue weighted by Crippen LogP contribution is 2.23. The number of halogens is 2. The van der Waals surface area contributed by atoms with Gasteiger partial charge in [0, 0.05) is 19.2 Å². The van der Waals surface area contributed by atoms with Crippen LogP contribution in [-0.4, -0.2) is 40.7 Å². The second kappa shape index (κ2) is 10.6. The number of ether oxygens (including phenoxy) is 1. The van der Waals surface area contributed by atoms with Crippen LogP contribution in [0.25, 0.3) is 0 Å². The van der Waals surface area contributed by atoms with Crippen molar-refractivity contribution in [3.8, 4) is 17.7 Å². The molecule has 0 saturated carbocycles. The van der Waals surface area contributed by atoms with Crippen molar-refractivity contribution in [2.24, 2.45) is 5.73 Å². The molecule has 1 aromatic carbocycles. The maximum absolute atomic E-state index is 12.3. The number of pyridine rings is 1. The molecule has 0 aliphatic carbocycles. The van der Waals surface area contributed by atoms with Gasteiger partial charge in [-0.3, -0.25) is 9.59 Å². The fraction of sp³-hybridized carbons (Fsp3) is 0.263. The van der Waals surface area contributed by atoms with E-state index in [0.717, 1.165) is 5.56 Å². The normalized spacial score (nSPS) is 13.7. The lowest BCUT2D eigenvalue weighted by atomic mass is 10.1. The number of hydrogen-bond donors (Lipinski definition) is 1. The Kier molecular flexibility index (Phi) is 8.86. The Hall–Kier alpha value is -2.66. The molecule has 148 valence electrons. The van der Waals surface area contributed by atoms with Crippen LogP contribution in [0.4, 0.5) is 0 Å². The second-order valence-corrected chi connectivity index (χ2v) is 6.07. The largest absolute Gasteiger partial charge is 0.438 e. The van der Waals surface area contributed by atoms with Crippen molar-refractivity contribution < 1.29 is 14.3 Å². The standard InChI is InChI=1S/C19H18N4O3.2ClH/c20-11-14-2-1-8-22-18(14)26-16-5-3-13(4-6-16)10-17(21)19(25)23-9-7-15(24)12-23;;/h1-6,8,17H,7,9-10,12,21H2;2*1H/t17-;;/m0../s1. The summed E-state index contributed by atoms with van der Waals surface area (Å²) in [5.41, 5.74) is 7.23. The summed E-state index contributed by atoms with van der Waals surface area (Å²) in [4.78, 5) is 29.1. The topological polar surface area (TPSA) is 109 Å². The summed E-state index contributed by atoms with van der Waals surface area (Å²) in [5.74, 6) is 0.643. The predicted octanol–water partition coefficient (Wildman–Crippen LogP) is 2.26. The van der Waals surface area contributed by atoms with Gasteiger partial charge in [0.05, 0.1) is 12.6 Å². The summed E-state index contributed by atoms with van der Waals surface area (Å²) >= 11 is 0. The SMILES string of the molecule is Cl.Cl.N#Cc1cccnc1Oc1ccc(C[C@H](N)C(=O)N2CCC(=O)C2)cc1. The Morgan fingerprint density at radius 1 is 1.29 bits per heavy atom. The van der Waals surface area contributed by atoms with Crippen LogP contribution in [0.1, 0.15) is 17.5 Å². The van der Waals surface area contributed by atoms with Crippen LogP contribution in [0.3, 0.4) is 0 Å². The van der Waals surface area contributed by atoms with Gasteiger partial charge < -0.3 is 15.4 Å². The van der Waals surface area contributed by atoms with Crippen molar-refractivity contribution in [3.63, 3.8) is 0 Å². The van der Waals surface area contributed by atoms with E-state index in [2.05, 4.69) is 4.98 Å². The third-order valence-electron chi connectivity index (χ3n) is 4.14. The lowest BCUT2D eigenvalue weighted by Gasteiger charge is -2.19. The Morgan fingerprint density at radius 3 is 2.61 bits per heavy atom. The van der Waals surface area contributed by atoms with E-state index >= 15 is 0 Å². The van der Waals surface area contributed by atoms with Gasteiger partial charge in [-0.25, -0.2) is 4.98 Å². The first-order valence-electron chi connectivity index (χ1n) is 8.25. The lowest BCUT2D eigenvalue weighted by molar-refractivity contribution is -0.132. The first-order chi connectivity index (χ1) is 12.6. The molecule has 1 atom stereocenters. The zero-order chi connectivity index (χ0) is 18.5. The number of benzene rings is 1. The Balaban J connectivity index is 0.00000196. The number of Topliss-reactive ketones (excluding diaryl/α,β-unsaturated/α-hetero) is 1. The molecule has 1 aliphatic heterocycles. The van der Waals surface area contributed by atoms with Gasteiger partial charge in [0.15, 0.2) is 5.78 Å². The summed E-state index contributed by atoms with van der Waals surface area (Å²) < 4.78 is 5.62. The quantitative estimate of drug-likeness (QED) is 0.790. The van der Waals surface area contributed by atoms with Gasteiger partial charge in [0.25, 0.3) is 0 Å². The second-order valence-electron chi connectivity index (χ2n) is 6.07. The van der Waals surface area contributed by atoms with E-state index < -0.39 is 6.04 Å². The number of amides is 1. The van der Waals surface area contributed by atoms with Crippen molar-refractivity contribution in [2.45, 2.75) is 18.9 Å². The molecule has 0 radical (unpaired) electrons. The van der Waals surface area contributed by atoms with Gasteiger partial charge in [-0.1, -0.05) is 12.1 Å². The zero-order valence-electron chi connectivity index (χ0n) is 14.9. The van der Waals surface area contributed by atoms with Crippen molar-refractivity contribution >= 4 is 36.5 Å². The molecule has 0 unspecified atom stereocenters. The zero-order valence-corrected chi connectivity index (χ0v) is 16.5. The first kappa shape index (κ1) is 23.4. The number of hydrogen-bond acceptors (Lipinski definition) is 6. The summed E-state index contributed by atoms with van der Waals surface area (Å²) in [7, 11) is 0. The van der Waals surface area contributed by atoms with Crippen LogP contribution in [0.15, 0.2) is 42.6 Å². The molecule has 1 saturated heterocycles. The molecule has 1 amide bonds. The van der Waals surface area contributed by atoms with E-state index in [4.69, 9.17) is 15.7 Å². The van der Waals surface area contributed by atoms with Crippen LogP contribution in [-0.2, 0) is 16.0 Å². The molecule has 3 rings (SSSR count). The van der Waals surface area contributed by atoms with Crippen LogP contribution in [0, 0.1) is 11.3 Å². The molecule has 2 aromatic rings. The molecular formula is C19H20Cl2N4O3. The van der Waals surface area contributed by atoms with Gasteiger partial charge >= 0.3 is 0 Å². The van der Waals surface area contributed by atoms with Crippen molar-refractivity contribution in [3.05, 3.63) is 53.7 Å². The number of ketones is 1. The van der Waals surface area contributed by atoms with E-state index in [0.29, 0.717) is 30.7 Å². The summed E-state index contributed by atoms with van der Waals surface area (Å²) in [6.07, 6.45) is 2.33. The molecule has 28 heavy (non-hydrogen) atoms. The first-order valence-corrected chi connectivity index (χ1v) is 8.25.